The number of hydrogen-bond acceptors (Lipinski definition) is 4. The molecule has 6 heteroatoms. The molecular formula is C16H16BrN3O2. The molecule has 0 unspecified atom stereocenters. The second-order valence-corrected chi connectivity index (χ2v) is 5.92. The van der Waals surface area contributed by atoms with Crippen molar-refractivity contribution in [3.05, 3.63) is 68.7 Å². The standard InChI is InChI=1S/C16H16BrN3O2/c1-12(2)19(15-7-9-16(10-8-15)20(21)22)18-11-13-3-5-14(17)6-4-13/h3-12H,1-2H3/b18-11-. The third-order valence-electron chi connectivity index (χ3n) is 3.02. The van der Waals surface area contributed by atoms with Crippen LogP contribution in [-0.2, 0) is 0 Å². The highest BCUT2D eigenvalue weighted by Gasteiger charge is 2.11. The van der Waals surface area contributed by atoms with Gasteiger partial charge in [-0.15, -0.1) is 0 Å². The Labute approximate surface area is 137 Å². The molecule has 0 fully saturated rings. The van der Waals surface area contributed by atoms with Gasteiger partial charge in [-0.3, -0.25) is 15.1 Å². The van der Waals surface area contributed by atoms with Crippen LogP contribution in [-0.4, -0.2) is 17.2 Å². The van der Waals surface area contributed by atoms with Crippen LogP contribution in [0.25, 0.3) is 0 Å². The van der Waals surface area contributed by atoms with E-state index in [1.54, 1.807) is 18.3 Å². The first-order valence-corrected chi connectivity index (χ1v) is 7.60. The Morgan fingerprint density at radius 3 is 2.23 bits per heavy atom. The van der Waals surface area contributed by atoms with Crippen LogP contribution in [0.1, 0.15) is 19.4 Å². The lowest BCUT2D eigenvalue weighted by Crippen LogP contribution is -2.25. The van der Waals surface area contributed by atoms with E-state index in [0.717, 1.165) is 15.7 Å². The lowest BCUT2D eigenvalue weighted by atomic mass is 10.2. The maximum absolute atomic E-state index is 10.7. The number of anilines is 1. The van der Waals surface area contributed by atoms with Crippen molar-refractivity contribution in [1.29, 1.82) is 0 Å². The zero-order valence-electron chi connectivity index (χ0n) is 12.3. The summed E-state index contributed by atoms with van der Waals surface area (Å²) in [6, 6.07) is 14.3. The lowest BCUT2D eigenvalue weighted by molar-refractivity contribution is -0.384. The quantitative estimate of drug-likeness (QED) is 0.444. The van der Waals surface area contributed by atoms with E-state index in [9.17, 15) is 10.1 Å². The molecule has 0 amide bonds. The largest absolute Gasteiger partial charge is 0.269 e. The Morgan fingerprint density at radius 2 is 1.73 bits per heavy atom. The first kappa shape index (κ1) is 16.2. The fourth-order valence-corrected chi connectivity index (χ4v) is 2.17. The van der Waals surface area contributed by atoms with E-state index < -0.39 is 4.92 Å². The Morgan fingerprint density at radius 1 is 1.14 bits per heavy atom. The van der Waals surface area contributed by atoms with Crippen LogP contribution in [0.15, 0.2) is 58.1 Å². The highest BCUT2D eigenvalue weighted by molar-refractivity contribution is 9.10. The molecule has 2 rings (SSSR count). The summed E-state index contributed by atoms with van der Waals surface area (Å²) in [5.74, 6) is 0. The van der Waals surface area contributed by atoms with Crippen molar-refractivity contribution in [2.75, 3.05) is 5.01 Å². The van der Waals surface area contributed by atoms with Gasteiger partial charge in [0.1, 0.15) is 0 Å². The zero-order valence-corrected chi connectivity index (χ0v) is 13.9. The zero-order chi connectivity index (χ0) is 16.1. The minimum absolute atomic E-state index is 0.0735. The topological polar surface area (TPSA) is 58.7 Å². The molecule has 0 N–H and O–H groups in total. The molecule has 0 bridgehead atoms. The van der Waals surface area contributed by atoms with Gasteiger partial charge in [0, 0.05) is 22.6 Å². The van der Waals surface area contributed by atoms with E-state index in [2.05, 4.69) is 21.0 Å². The molecule has 2 aromatic rings. The first-order valence-electron chi connectivity index (χ1n) is 6.80. The van der Waals surface area contributed by atoms with Crippen molar-refractivity contribution in [2.45, 2.75) is 19.9 Å². The summed E-state index contributed by atoms with van der Waals surface area (Å²) in [7, 11) is 0. The van der Waals surface area contributed by atoms with Gasteiger partial charge in [-0.25, -0.2) is 0 Å². The fraction of sp³-hybridized carbons (Fsp3) is 0.188. The van der Waals surface area contributed by atoms with Crippen LogP contribution in [0.5, 0.6) is 0 Å². The van der Waals surface area contributed by atoms with Crippen LogP contribution >= 0.6 is 15.9 Å². The summed E-state index contributed by atoms with van der Waals surface area (Å²) in [6.45, 7) is 4.03. The van der Waals surface area contributed by atoms with Crippen LogP contribution in [0.4, 0.5) is 11.4 Å². The van der Waals surface area contributed by atoms with E-state index in [0.29, 0.717) is 0 Å². The van der Waals surface area contributed by atoms with Crippen LogP contribution in [0, 0.1) is 10.1 Å². The number of nitro benzene ring substituents is 1. The Kier molecular flexibility index (Phi) is 5.27. The molecule has 0 aliphatic heterocycles. The highest BCUT2D eigenvalue weighted by atomic mass is 79.9. The lowest BCUT2D eigenvalue weighted by Gasteiger charge is -2.23. The highest BCUT2D eigenvalue weighted by Crippen LogP contribution is 2.21. The van der Waals surface area contributed by atoms with Crippen LogP contribution < -0.4 is 5.01 Å². The van der Waals surface area contributed by atoms with Gasteiger partial charge in [-0.2, -0.15) is 5.10 Å². The molecular weight excluding hydrogens is 346 g/mol. The van der Waals surface area contributed by atoms with Crippen molar-refractivity contribution in [3.63, 3.8) is 0 Å². The summed E-state index contributed by atoms with van der Waals surface area (Å²) in [4.78, 5) is 10.3. The molecule has 0 saturated heterocycles. The Bertz CT molecular complexity index is 667. The van der Waals surface area contributed by atoms with Gasteiger partial charge in [0.15, 0.2) is 0 Å². The first-order chi connectivity index (χ1) is 10.5. The summed E-state index contributed by atoms with van der Waals surface area (Å²) in [6.07, 6.45) is 1.77. The maximum Gasteiger partial charge on any atom is 0.269 e. The van der Waals surface area contributed by atoms with Crippen molar-refractivity contribution in [2.24, 2.45) is 5.10 Å². The molecule has 0 atom stereocenters. The smallest absolute Gasteiger partial charge is 0.263 e. The summed E-state index contributed by atoms with van der Waals surface area (Å²) in [5.41, 5.74) is 1.87. The van der Waals surface area contributed by atoms with Gasteiger partial charge in [-0.05, 0) is 43.7 Å². The fourth-order valence-electron chi connectivity index (χ4n) is 1.90. The van der Waals surface area contributed by atoms with E-state index in [4.69, 9.17) is 0 Å². The van der Waals surface area contributed by atoms with Crippen molar-refractivity contribution in [3.8, 4) is 0 Å². The van der Waals surface area contributed by atoms with Gasteiger partial charge in [0.25, 0.3) is 5.69 Å². The number of hydrogen-bond donors (Lipinski definition) is 0. The third-order valence-corrected chi connectivity index (χ3v) is 3.54. The molecule has 0 radical (unpaired) electrons. The molecule has 5 nitrogen and oxygen atoms in total. The second-order valence-electron chi connectivity index (χ2n) is 5.01. The molecule has 2 aromatic carbocycles. The number of hydrazone groups is 1. The minimum Gasteiger partial charge on any atom is -0.263 e. The number of halogens is 1. The molecule has 0 aliphatic carbocycles. The average Bonchev–Trinajstić information content (AvgIpc) is 2.49. The van der Waals surface area contributed by atoms with E-state index in [1.165, 1.54) is 12.1 Å². The van der Waals surface area contributed by atoms with Gasteiger partial charge in [-0.1, -0.05) is 28.1 Å². The van der Waals surface area contributed by atoms with Crippen LogP contribution in [0.2, 0.25) is 0 Å². The predicted molar refractivity (Wildman–Crippen MR) is 92.4 cm³/mol. The number of rotatable bonds is 5. The van der Waals surface area contributed by atoms with Crippen molar-refractivity contribution in [1.82, 2.24) is 0 Å². The average molecular weight is 362 g/mol. The molecule has 0 heterocycles. The van der Waals surface area contributed by atoms with Crippen molar-refractivity contribution < 1.29 is 4.92 Å². The van der Waals surface area contributed by atoms with Gasteiger partial charge in [0.2, 0.25) is 0 Å². The van der Waals surface area contributed by atoms with Gasteiger partial charge >= 0.3 is 0 Å². The van der Waals surface area contributed by atoms with Crippen LogP contribution in [0.3, 0.4) is 0 Å². The molecule has 0 saturated carbocycles. The van der Waals surface area contributed by atoms with Gasteiger partial charge < -0.3 is 0 Å². The monoisotopic (exact) mass is 361 g/mol. The van der Waals surface area contributed by atoms with E-state index in [-0.39, 0.29) is 11.7 Å². The molecule has 0 spiro atoms. The molecule has 0 aliphatic rings. The Balaban J connectivity index is 2.22. The minimum atomic E-state index is -0.408. The number of non-ortho nitro benzene ring substituents is 1. The molecule has 114 valence electrons. The Hall–Kier alpha value is -2.21. The van der Waals surface area contributed by atoms with Crippen molar-refractivity contribution >= 4 is 33.5 Å². The molecule has 22 heavy (non-hydrogen) atoms. The summed E-state index contributed by atoms with van der Waals surface area (Å²) in [5, 5.41) is 17.0. The second kappa shape index (κ2) is 7.17. The van der Waals surface area contributed by atoms with E-state index >= 15 is 0 Å². The number of nitro groups is 1. The third kappa shape index (κ3) is 4.14. The van der Waals surface area contributed by atoms with Gasteiger partial charge in [0.05, 0.1) is 16.8 Å². The summed E-state index contributed by atoms with van der Waals surface area (Å²) >= 11 is 3.39. The SMILES string of the molecule is CC(C)N(/N=C\c1ccc(Br)cc1)c1ccc([N+](=O)[O-])cc1. The summed E-state index contributed by atoms with van der Waals surface area (Å²) < 4.78 is 1.01. The normalized spacial score (nSPS) is 11.1. The maximum atomic E-state index is 10.7. The number of benzene rings is 2. The predicted octanol–water partition coefficient (Wildman–Crippen LogP) is 4.61. The number of nitrogens with zero attached hydrogens (tertiary/aromatic N) is 3. The van der Waals surface area contributed by atoms with E-state index in [1.807, 2.05) is 43.1 Å². The molecule has 0 aromatic heterocycles.